The number of fused-ring (bicyclic) bond motifs is 1. The van der Waals surface area contributed by atoms with Crippen molar-refractivity contribution >= 4 is 28.8 Å². The van der Waals surface area contributed by atoms with Gasteiger partial charge in [-0.3, -0.25) is 4.57 Å². The molecule has 1 aromatic carbocycles. The first-order valence-electron chi connectivity index (χ1n) is 9.58. The second-order valence-electron chi connectivity index (χ2n) is 7.10. The number of methoxy groups -OCH3 is 2. The van der Waals surface area contributed by atoms with Crippen molar-refractivity contribution < 1.29 is 14.0 Å². The lowest BCUT2D eigenvalue weighted by Crippen LogP contribution is -2.20. The number of aromatic nitrogens is 5. The number of hydrogen-bond acceptors (Lipinski definition) is 9. The summed E-state index contributed by atoms with van der Waals surface area (Å²) in [6.07, 6.45) is 3.77. The lowest BCUT2D eigenvalue weighted by Gasteiger charge is -2.21. The number of pyridine rings is 1. The first-order valence-corrected chi connectivity index (χ1v) is 10.8. The maximum Gasteiger partial charge on any atom is 0.257 e. The molecule has 31 heavy (non-hydrogen) atoms. The van der Waals surface area contributed by atoms with Crippen LogP contribution in [0.5, 0.6) is 11.5 Å². The number of nitrogens with zero attached hydrogens (tertiary/aromatic N) is 6. The highest BCUT2D eigenvalue weighted by Gasteiger charge is 2.18. The van der Waals surface area contributed by atoms with Gasteiger partial charge in [0, 0.05) is 37.3 Å². The molecule has 3 aromatic heterocycles. The number of ether oxygens (including phenoxy) is 2. The number of anilines is 1. The van der Waals surface area contributed by atoms with Crippen LogP contribution in [-0.4, -0.2) is 52.4 Å². The van der Waals surface area contributed by atoms with Gasteiger partial charge in [0.05, 0.1) is 25.3 Å². The third kappa shape index (κ3) is 3.78. The number of benzene rings is 1. The fourth-order valence-corrected chi connectivity index (χ4v) is 4.12. The maximum atomic E-state index is 5.48. The second kappa shape index (κ2) is 8.46. The quantitative estimate of drug-likeness (QED) is 0.399. The molecule has 0 bridgehead atoms. The van der Waals surface area contributed by atoms with Crippen LogP contribution in [0.2, 0.25) is 0 Å². The van der Waals surface area contributed by atoms with Crippen molar-refractivity contribution in [2.45, 2.75) is 18.4 Å². The molecule has 4 aromatic rings. The molecule has 0 aliphatic rings. The zero-order valence-corrected chi connectivity index (χ0v) is 19.1. The molecule has 0 N–H and O–H groups in total. The Labute approximate surface area is 184 Å². The van der Waals surface area contributed by atoms with E-state index in [2.05, 4.69) is 20.3 Å². The van der Waals surface area contributed by atoms with Crippen molar-refractivity contribution in [3.63, 3.8) is 0 Å². The fraction of sp³-hybridized carbons (Fsp3) is 0.333. The van der Waals surface area contributed by atoms with Crippen molar-refractivity contribution in [1.82, 2.24) is 24.9 Å². The first-order chi connectivity index (χ1) is 15.0. The molecular formula is C21H24N6O3S. The van der Waals surface area contributed by atoms with Gasteiger partial charge < -0.3 is 18.9 Å². The highest BCUT2D eigenvalue weighted by atomic mass is 32.2. The summed E-state index contributed by atoms with van der Waals surface area (Å²) in [4.78, 5) is 7.51. The lowest BCUT2D eigenvalue weighted by atomic mass is 10.2. The third-order valence-corrected chi connectivity index (χ3v) is 5.98. The summed E-state index contributed by atoms with van der Waals surface area (Å²) >= 11 is 1.66. The highest BCUT2D eigenvalue weighted by molar-refractivity contribution is 7.98. The van der Waals surface area contributed by atoms with Crippen LogP contribution in [-0.2, 0) is 13.6 Å². The monoisotopic (exact) mass is 440 g/mol. The molecule has 0 saturated heterocycles. The van der Waals surface area contributed by atoms with Gasteiger partial charge in [0.1, 0.15) is 0 Å². The Kier molecular flexibility index (Phi) is 5.73. The third-order valence-electron chi connectivity index (χ3n) is 5.16. The average Bonchev–Trinajstić information content (AvgIpc) is 3.35. The Morgan fingerprint density at radius 3 is 2.58 bits per heavy atom. The lowest BCUT2D eigenvalue weighted by molar-refractivity contribution is 0.353. The van der Waals surface area contributed by atoms with E-state index in [1.807, 2.05) is 54.9 Å². The summed E-state index contributed by atoms with van der Waals surface area (Å²) in [6, 6.07) is 5.98. The van der Waals surface area contributed by atoms with Crippen LogP contribution >= 0.6 is 11.8 Å². The van der Waals surface area contributed by atoms with Crippen LogP contribution in [0.1, 0.15) is 11.3 Å². The molecule has 4 rings (SSSR count). The molecule has 0 aliphatic carbocycles. The van der Waals surface area contributed by atoms with E-state index in [4.69, 9.17) is 14.0 Å². The summed E-state index contributed by atoms with van der Waals surface area (Å²) in [7, 11) is 7.21. The number of rotatable bonds is 7. The topological polar surface area (TPSA) is 91.3 Å². The normalized spacial score (nSPS) is 11.2. The van der Waals surface area contributed by atoms with Gasteiger partial charge in [-0.15, -0.1) is 22.0 Å². The minimum Gasteiger partial charge on any atom is -0.493 e. The minimum absolute atomic E-state index is 0.513. The predicted octanol–water partition coefficient (Wildman–Crippen LogP) is 3.70. The van der Waals surface area contributed by atoms with Crippen LogP contribution < -0.4 is 14.4 Å². The van der Waals surface area contributed by atoms with Crippen LogP contribution in [0.15, 0.2) is 33.8 Å². The zero-order valence-electron chi connectivity index (χ0n) is 18.3. The molecule has 0 radical (unpaired) electrons. The van der Waals surface area contributed by atoms with Crippen molar-refractivity contribution in [3.8, 4) is 22.9 Å². The molecule has 0 amide bonds. The summed E-state index contributed by atoms with van der Waals surface area (Å²) in [5.41, 5.74) is 3.27. The molecule has 0 unspecified atom stereocenters. The molecule has 0 atom stereocenters. The average molecular weight is 441 g/mol. The van der Waals surface area contributed by atoms with Gasteiger partial charge in [-0.25, -0.2) is 4.98 Å². The van der Waals surface area contributed by atoms with E-state index in [1.165, 1.54) is 0 Å². The van der Waals surface area contributed by atoms with Crippen molar-refractivity contribution in [2.24, 2.45) is 7.05 Å². The smallest absolute Gasteiger partial charge is 0.257 e. The molecular weight excluding hydrogens is 416 g/mol. The Morgan fingerprint density at radius 1 is 1.13 bits per heavy atom. The van der Waals surface area contributed by atoms with Gasteiger partial charge in [-0.1, -0.05) is 5.16 Å². The molecule has 0 saturated carbocycles. The Bertz CT molecular complexity index is 1240. The van der Waals surface area contributed by atoms with Crippen molar-refractivity contribution in [1.29, 1.82) is 0 Å². The summed E-state index contributed by atoms with van der Waals surface area (Å²) in [5, 5.41) is 13.7. The van der Waals surface area contributed by atoms with E-state index in [0.29, 0.717) is 29.6 Å². The Hall–Kier alpha value is -3.27. The molecule has 0 fully saturated rings. The van der Waals surface area contributed by atoms with Crippen molar-refractivity contribution in [2.75, 3.05) is 32.4 Å². The van der Waals surface area contributed by atoms with Crippen LogP contribution in [0.4, 0.5) is 5.95 Å². The van der Waals surface area contributed by atoms with Gasteiger partial charge >= 0.3 is 0 Å². The van der Waals surface area contributed by atoms with Gasteiger partial charge in [0.15, 0.2) is 17.3 Å². The molecule has 0 aliphatic heterocycles. The SMILES string of the molecule is COc1cc(CN(C)c2nnc(-c3cnc4onc(C)c4c3)n2C)c(SC)cc1OC. The molecule has 162 valence electrons. The van der Waals surface area contributed by atoms with Crippen LogP contribution in [0.3, 0.4) is 0 Å². The van der Waals surface area contributed by atoms with E-state index in [0.717, 1.165) is 33.1 Å². The zero-order chi connectivity index (χ0) is 22.1. The highest BCUT2D eigenvalue weighted by Crippen LogP contribution is 2.35. The Morgan fingerprint density at radius 2 is 1.87 bits per heavy atom. The molecule has 9 nitrogen and oxygen atoms in total. The number of thioether (sulfide) groups is 1. The van der Waals surface area contributed by atoms with E-state index >= 15 is 0 Å². The van der Waals surface area contributed by atoms with Crippen molar-refractivity contribution in [3.05, 3.63) is 35.7 Å². The van der Waals surface area contributed by atoms with Crippen LogP contribution in [0, 0.1) is 6.92 Å². The van der Waals surface area contributed by atoms with Gasteiger partial charge in [0.25, 0.3) is 5.71 Å². The van der Waals surface area contributed by atoms with Gasteiger partial charge in [-0.2, -0.15) is 0 Å². The number of hydrogen-bond donors (Lipinski definition) is 0. The standard InChI is InChI=1S/C21H24N6O3S/c1-12-15-7-13(10-22-20(15)30-25-12)19-23-24-21(27(19)3)26(2)11-14-8-16(28-4)17(29-5)9-18(14)31-6/h7-10H,11H2,1-6H3. The van der Waals surface area contributed by atoms with E-state index in [9.17, 15) is 0 Å². The minimum atomic E-state index is 0.513. The summed E-state index contributed by atoms with van der Waals surface area (Å²) in [5.74, 6) is 2.87. The first kappa shape index (κ1) is 21.0. The molecule has 10 heteroatoms. The van der Waals surface area contributed by atoms with Gasteiger partial charge in [0.2, 0.25) is 5.95 Å². The van der Waals surface area contributed by atoms with Gasteiger partial charge in [-0.05, 0) is 36.9 Å². The maximum absolute atomic E-state index is 5.48. The summed E-state index contributed by atoms with van der Waals surface area (Å²) in [6.45, 7) is 2.52. The predicted molar refractivity (Wildman–Crippen MR) is 120 cm³/mol. The largest absolute Gasteiger partial charge is 0.493 e. The van der Waals surface area contributed by atoms with E-state index in [-0.39, 0.29) is 0 Å². The molecule has 3 heterocycles. The van der Waals surface area contributed by atoms with Crippen LogP contribution in [0.25, 0.3) is 22.5 Å². The van der Waals surface area contributed by atoms with E-state index < -0.39 is 0 Å². The summed E-state index contributed by atoms with van der Waals surface area (Å²) < 4.78 is 18.1. The number of aryl methyl sites for hydroxylation is 1. The fourth-order valence-electron chi connectivity index (χ4n) is 3.51. The Balaban J connectivity index is 1.65. The molecule has 0 spiro atoms. The second-order valence-corrected chi connectivity index (χ2v) is 7.95. The van der Waals surface area contributed by atoms with E-state index in [1.54, 1.807) is 32.2 Å².